The molecule has 2 aliphatic heterocycles. The van der Waals surface area contributed by atoms with Gasteiger partial charge in [0.05, 0.1) is 19.3 Å². The zero-order valence-corrected chi connectivity index (χ0v) is 17.0. The first-order valence-electron chi connectivity index (χ1n) is 10.2. The lowest BCUT2D eigenvalue weighted by Crippen LogP contribution is -2.33. The van der Waals surface area contributed by atoms with Crippen molar-refractivity contribution < 1.29 is 14.6 Å². The Morgan fingerprint density at radius 3 is 3.04 bits per heavy atom. The number of ether oxygens (including phenoxy) is 1. The summed E-state index contributed by atoms with van der Waals surface area (Å²) in [6.07, 6.45) is 11.3. The number of allylic oxidation sites excluding steroid dienone is 2. The first-order valence-corrected chi connectivity index (χ1v) is 10.2. The number of hydrogen-bond donors (Lipinski definition) is 1. The number of fused-ring (bicyclic) bond motifs is 1. The fraction of sp³-hybridized carbons (Fsp3) is 0.522. The van der Waals surface area contributed by atoms with Gasteiger partial charge in [0.2, 0.25) is 0 Å². The van der Waals surface area contributed by atoms with Crippen molar-refractivity contribution in [2.24, 2.45) is 0 Å². The van der Waals surface area contributed by atoms with Gasteiger partial charge in [0, 0.05) is 32.6 Å². The quantitative estimate of drug-likeness (QED) is 0.524. The SMILES string of the molecule is CC(O)/C=C\C=C/N(C)CC[C@H]1CC(c2ccc3c(c2)CCO3)CN1CC=O. The van der Waals surface area contributed by atoms with Crippen molar-refractivity contribution in [2.75, 3.05) is 33.3 Å². The topological polar surface area (TPSA) is 53.0 Å². The molecule has 152 valence electrons. The Hall–Kier alpha value is -2.11. The van der Waals surface area contributed by atoms with Gasteiger partial charge < -0.3 is 19.5 Å². The third-order valence-corrected chi connectivity index (χ3v) is 5.68. The van der Waals surface area contributed by atoms with Crippen molar-refractivity contribution in [1.29, 1.82) is 0 Å². The van der Waals surface area contributed by atoms with Crippen LogP contribution in [-0.2, 0) is 11.2 Å². The molecule has 3 rings (SSSR count). The molecule has 1 saturated heterocycles. The highest BCUT2D eigenvalue weighted by Gasteiger charge is 2.32. The summed E-state index contributed by atoms with van der Waals surface area (Å²) < 4.78 is 5.63. The van der Waals surface area contributed by atoms with Gasteiger partial charge >= 0.3 is 0 Å². The molecule has 0 aromatic heterocycles. The smallest absolute Gasteiger partial charge is 0.133 e. The highest BCUT2D eigenvalue weighted by Crippen LogP contribution is 2.36. The van der Waals surface area contributed by atoms with Crippen LogP contribution in [0.15, 0.2) is 42.6 Å². The van der Waals surface area contributed by atoms with Crippen LogP contribution in [0, 0.1) is 0 Å². The number of hydrogen-bond acceptors (Lipinski definition) is 5. The van der Waals surface area contributed by atoms with Gasteiger partial charge in [0.25, 0.3) is 0 Å². The molecule has 5 heteroatoms. The molecule has 1 fully saturated rings. The molecule has 0 radical (unpaired) electrons. The minimum absolute atomic E-state index is 0.420. The number of aliphatic hydroxyl groups is 1. The van der Waals surface area contributed by atoms with Gasteiger partial charge in [-0.05, 0) is 55.2 Å². The van der Waals surface area contributed by atoms with E-state index < -0.39 is 6.10 Å². The molecule has 1 aromatic rings. The lowest BCUT2D eigenvalue weighted by Gasteiger charge is -2.24. The van der Waals surface area contributed by atoms with Crippen LogP contribution in [0.25, 0.3) is 0 Å². The van der Waals surface area contributed by atoms with Crippen LogP contribution < -0.4 is 4.74 Å². The number of carbonyl (C=O) groups is 1. The molecule has 0 spiro atoms. The Morgan fingerprint density at radius 2 is 2.25 bits per heavy atom. The number of rotatable bonds is 9. The fourth-order valence-electron chi connectivity index (χ4n) is 4.15. The maximum Gasteiger partial charge on any atom is 0.133 e. The van der Waals surface area contributed by atoms with Gasteiger partial charge in [-0.2, -0.15) is 0 Å². The number of aliphatic hydroxyl groups excluding tert-OH is 1. The molecule has 1 N–H and O–H groups in total. The largest absolute Gasteiger partial charge is 0.493 e. The maximum absolute atomic E-state index is 11.2. The minimum atomic E-state index is -0.423. The molecule has 28 heavy (non-hydrogen) atoms. The van der Waals surface area contributed by atoms with E-state index in [9.17, 15) is 9.90 Å². The normalized spacial score (nSPS) is 23.2. The fourth-order valence-corrected chi connectivity index (χ4v) is 4.15. The highest BCUT2D eigenvalue weighted by atomic mass is 16.5. The van der Waals surface area contributed by atoms with Crippen LogP contribution in [0.5, 0.6) is 5.75 Å². The predicted octanol–water partition coefficient (Wildman–Crippen LogP) is 2.75. The minimum Gasteiger partial charge on any atom is -0.493 e. The first kappa shape index (κ1) is 20.6. The average molecular weight is 385 g/mol. The summed E-state index contributed by atoms with van der Waals surface area (Å²) in [5.74, 6) is 1.51. The molecule has 0 saturated carbocycles. The lowest BCUT2D eigenvalue weighted by molar-refractivity contribution is -0.109. The summed E-state index contributed by atoms with van der Waals surface area (Å²) in [6, 6.07) is 7.02. The van der Waals surface area contributed by atoms with E-state index in [1.165, 1.54) is 11.1 Å². The third-order valence-electron chi connectivity index (χ3n) is 5.68. The van der Waals surface area contributed by atoms with Crippen LogP contribution in [0.1, 0.15) is 36.8 Å². The number of aldehydes is 1. The van der Waals surface area contributed by atoms with Crippen LogP contribution in [-0.4, -0.2) is 66.6 Å². The Labute approximate surface area is 168 Å². The second-order valence-electron chi connectivity index (χ2n) is 7.91. The molecular weight excluding hydrogens is 352 g/mol. The van der Waals surface area contributed by atoms with Gasteiger partial charge in [0.1, 0.15) is 12.0 Å². The van der Waals surface area contributed by atoms with Crippen LogP contribution >= 0.6 is 0 Å². The summed E-state index contributed by atoms with van der Waals surface area (Å²) in [5, 5.41) is 9.24. The summed E-state index contributed by atoms with van der Waals surface area (Å²) in [4.78, 5) is 15.6. The van der Waals surface area contributed by atoms with Crippen LogP contribution in [0.2, 0.25) is 0 Å². The average Bonchev–Trinajstić information content (AvgIpc) is 3.30. The monoisotopic (exact) mass is 384 g/mol. The van der Waals surface area contributed by atoms with E-state index in [0.29, 0.717) is 18.5 Å². The van der Waals surface area contributed by atoms with Gasteiger partial charge in [0.15, 0.2) is 0 Å². The molecule has 1 aromatic carbocycles. The summed E-state index contributed by atoms with van der Waals surface area (Å²) in [6.45, 7) is 4.91. The predicted molar refractivity (Wildman–Crippen MR) is 112 cm³/mol. The molecule has 2 heterocycles. The van der Waals surface area contributed by atoms with Crippen LogP contribution in [0.3, 0.4) is 0 Å². The van der Waals surface area contributed by atoms with Crippen molar-refractivity contribution in [3.05, 3.63) is 53.8 Å². The Balaban J connectivity index is 1.57. The van der Waals surface area contributed by atoms with Gasteiger partial charge in [-0.15, -0.1) is 0 Å². The molecule has 5 nitrogen and oxygen atoms in total. The van der Waals surface area contributed by atoms with Crippen molar-refractivity contribution in [3.63, 3.8) is 0 Å². The van der Waals surface area contributed by atoms with Crippen molar-refractivity contribution >= 4 is 6.29 Å². The molecular formula is C23H32N2O3. The molecule has 0 bridgehead atoms. The van der Waals surface area contributed by atoms with Crippen LogP contribution in [0.4, 0.5) is 0 Å². The van der Waals surface area contributed by atoms with Gasteiger partial charge in [-0.25, -0.2) is 0 Å². The zero-order chi connectivity index (χ0) is 19.9. The molecule has 2 unspecified atom stereocenters. The van der Waals surface area contributed by atoms with E-state index >= 15 is 0 Å². The van der Waals surface area contributed by atoms with Gasteiger partial charge in [-0.3, -0.25) is 4.90 Å². The van der Waals surface area contributed by atoms with E-state index in [1.807, 2.05) is 18.4 Å². The zero-order valence-electron chi connectivity index (χ0n) is 17.0. The number of benzene rings is 1. The maximum atomic E-state index is 11.2. The van der Waals surface area contributed by atoms with Crippen molar-refractivity contribution in [1.82, 2.24) is 9.80 Å². The second kappa shape index (κ2) is 9.89. The number of likely N-dealkylation sites (tertiary alicyclic amines) is 1. The standard InChI is InChI=1S/C23H32N2O3/c1-18(27)5-3-4-10-24(2)11-8-22-16-21(17-25(22)12-13-26)19-6-7-23-20(15-19)9-14-28-23/h3-7,10,13,15,18,21-22,27H,8-9,11-12,14,16-17H2,1-2H3/b5-3-,10-4-/t18?,21?,22-/m0/s1. The van der Waals surface area contributed by atoms with Crippen molar-refractivity contribution in [3.8, 4) is 5.75 Å². The van der Waals surface area contributed by atoms with E-state index in [4.69, 9.17) is 4.74 Å². The summed E-state index contributed by atoms with van der Waals surface area (Å²) >= 11 is 0. The molecule has 2 aliphatic rings. The van der Waals surface area contributed by atoms with E-state index in [1.54, 1.807) is 13.0 Å². The number of nitrogens with zero attached hydrogens (tertiary/aromatic N) is 2. The highest BCUT2D eigenvalue weighted by molar-refractivity contribution is 5.52. The second-order valence-corrected chi connectivity index (χ2v) is 7.91. The Morgan fingerprint density at radius 1 is 1.39 bits per heavy atom. The third kappa shape index (κ3) is 5.46. The van der Waals surface area contributed by atoms with E-state index in [2.05, 4.69) is 35.0 Å². The lowest BCUT2D eigenvalue weighted by atomic mass is 9.93. The molecule has 0 amide bonds. The van der Waals surface area contributed by atoms with Crippen molar-refractivity contribution in [2.45, 2.75) is 44.2 Å². The van der Waals surface area contributed by atoms with Gasteiger partial charge in [-0.1, -0.05) is 24.3 Å². The summed E-state index contributed by atoms with van der Waals surface area (Å²) in [5.41, 5.74) is 2.69. The number of carbonyl (C=O) groups excluding carboxylic acids is 1. The van der Waals surface area contributed by atoms with E-state index in [-0.39, 0.29) is 0 Å². The molecule has 0 aliphatic carbocycles. The first-order chi connectivity index (χ1) is 13.6. The Kier molecular flexibility index (Phi) is 7.29. The summed E-state index contributed by atoms with van der Waals surface area (Å²) in [7, 11) is 2.06. The van der Waals surface area contributed by atoms with E-state index in [0.717, 1.165) is 51.0 Å². The Bertz CT molecular complexity index is 714. The molecule has 3 atom stereocenters.